The fourth-order valence-corrected chi connectivity index (χ4v) is 0.127. The van der Waals surface area contributed by atoms with Crippen LogP contribution >= 0.6 is 0 Å². The highest BCUT2D eigenvalue weighted by molar-refractivity contribution is 5.56. The molecule has 4 heteroatoms. The van der Waals surface area contributed by atoms with Gasteiger partial charge in [-0.3, -0.25) is 0 Å². The third-order valence-electron chi connectivity index (χ3n) is 1.07. The summed E-state index contributed by atoms with van der Waals surface area (Å²) in [4.78, 5) is 9.51. The molecule has 0 aromatic rings. The molecule has 0 saturated carbocycles. The molecular weight excluding hydrogens is 158 g/mol. The Hall–Kier alpha value is -0.920. The van der Waals surface area contributed by atoms with Crippen LogP contribution in [0.15, 0.2) is 0 Å². The van der Waals surface area contributed by atoms with E-state index in [0.717, 1.165) is 0 Å². The van der Waals surface area contributed by atoms with Crippen LogP contribution in [-0.4, -0.2) is 26.8 Å². The number of rotatable bonds is 3. The first-order valence-electron chi connectivity index (χ1n) is 3.52. The van der Waals surface area contributed by atoms with Crippen LogP contribution in [0, 0.1) is 17.2 Å². The number of carbonyl (C=O) groups excluding carboxylic acids is 1. The van der Waals surface area contributed by atoms with Gasteiger partial charge in [0.2, 0.25) is 0 Å². The third-order valence-corrected chi connectivity index (χ3v) is 1.07. The average molecular weight is 173 g/mol. The van der Waals surface area contributed by atoms with Crippen LogP contribution in [0.25, 0.3) is 0 Å². The van der Waals surface area contributed by atoms with E-state index in [-0.39, 0.29) is 6.29 Å². The molecule has 0 bridgehead atoms. The second-order valence-corrected chi connectivity index (χ2v) is 2.09. The summed E-state index contributed by atoms with van der Waals surface area (Å²) in [6, 6.07) is 1.75. The molecule has 0 rings (SSSR count). The molecule has 12 heavy (non-hydrogen) atoms. The van der Waals surface area contributed by atoms with Gasteiger partial charge in [0.1, 0.15) is 6.29 Å². The summed E-state index contributed by atoms with van der Waals surface area (Å²) in [7, 11) is 3.21. The zero-order valence-corrected chi connectivity index (χ0v) is 7.90. The van der Waals surface area contributed by atoms with Crippen molar-refractivity contribution in [2.75, 3.05) is 14.2 Å². The SMILES string of the molecule is CC(C#N)C=O.COC(C)OC. The molecule has 1 atom stereocenters. The summed E-state index contributed by atoms with van der Waals surface area (Å²) in [5.41, 5.74) is 0. The molecular formula is C8H15NO3. The van der Waals surface area contributed by atoms with Gasteiger partial charge in [-0.05, 0) is 13.8 Å². The Bertz CT molecular complexity index is 138. The second-order valence-electron chi connectivity index (χ2n) is 2.09. The number of hydrogen-bond donors (Lipinski definition) is 0. The molecule has 70 valence electrons. The summed E-state index contributed by atoms with van der Waals surface area (Å²) in [6.45, 7) is 3.38. The Labute approximate surface area is 73.1 Å². The van der Waals surface area contributed by atoms with Crippen LogP contribution < -0.4 is 0 Å². The molecule has 1 unspecified atom stereocenters. The normalized spacial score (nSPS) is 11.0. The van der Waals surface area contributed by atoms with E-state index < -0.39 is 5.92 Å². The van der Waals surface area contributed by atoms with Crippen LogP contribution in [0.2, 0.25) is 0 Å². The van der Waals surface area contributed by atoms with Crippen LogP contribution in [0.3, 0.4) is 0 Å². The van der Waals surface area contributed by atoms with E-state index in [4.69, 9.17) is 5.26 Å². The van der Waals surface area contributed by atoms with Crippen molar-refractivity contribution in [1.29, 1.82) is 5.26 Å². The summed E-state index contributed by atoms with van der Waals surface area (Å²) in [5, 5.41) is 7.85. The molecule has 4 nitrogen and oxygen atoms in total. The smallest absolute Gasteiger partial charge is 0.154 e. The number of carbonyl (C=O) groups is 1. The van der Waals surface area contributed by atoms with E-state index in [9.17, 15) is 4.79 Å². The van der Waals surface area contributed by atoms with Crippen molar-refractivity contribution >= 4 is 6.29 Å². The lowest BCUT2D eigenvalue weighted by molar-refractivity contribution is -0.109. The lowest BCUT2D eigenvalue weighted by Crippen LogP contribution is -2.05. The van der Waals surface area contributed by atoms with Crippen molar-refractivity contribution in [1.82, 2.24) is 0 Å². The van der Waals surface area contributed by atoms with Crippen LogP contribution in [0.5, 0.6) is 0 Å². The predicted octanol–water partition coefficient (Wildman–Crippen LogP) is 0.970. The maximum Gasteiger partial charge on any atom is 0.154 e. The second kappa shape index (κ2) is 10.1. The van der Waals surface area contributed by atoms with Crippen molar-refractivity contribution in [2.24, 2.45) is 5.92 Å². The number of hydrogen-bond acceptors (Lipinski definition) is 4. The topological polar surface area (TPSA) is 59.3 Å². The molecule has 0 aliphatic carbocycles. The fourth-order valence-electron chi connectivity index (χ4n) is 0.127. The quantitative estimate of drug-likeness (QED) is 0.471. The Morgan fingerprint density at radius 3 is 1.75 bits per heavy atom. The summed E-state index contributed by atoms with van der Waals surface area (Å²) < 4.78 is 9.35. The van der Waals surface area contributed by atoms with Gasteiger partial charge in [0.25, 0.3) is 0 Å². The van der Waals surface area contributed by atoms with E-state index in [1.807, 2.05) is 6.92 Å². The van der Waals surface area contributed by atoms with Crippen molar-refractivity contribution in [2.45, 2.75) is 20.1 Å². The first-order chi connectivity index (χ1) is 5.62. The predicted molar refractivity (Wildman–Crippen MR) is 44.3 cm³/mol. The first-order valence-corrected chi connectivity index (χ1v) is 3.52. The van der Waals surface area contributed by atoms with Gasteiger partial charge in [0.15, 0.2) is 6.29 Å². The van der Waals surface area contributed by atoms with E-state index in [2.05, 4.69) is 9.47 Å². The van der Waals surface area contributed by atoms with Crippen molar-refractivity contribution in [3.05, 3.63) is 0 Å². The highest BCUT2D eigenvalue weighted by Crippen LogP contribution is 1.83. The summed E-state index contributed by atoms with van der Waals surface area (Å²) in [5.74, 6) is -0.440. The van der Waals surface area contributed by atoms with Gasteiger partial charge in [0.05, 0.1) is 12.0 Å². The first kappa shape index (κ1) is 13.7. The van der Waals surface area contributed by atoms with Crippen molar-refractivity contribution < 1.29 is 14.3 Å². The Kier molecular flexibility index (Phi) is 11.5. The van der Waals surface area contributed by atoms with Gasteiger partial charge in [-0.25, -0.2) is 0 Å². The number of nitriles is 1. The largest absolute Gasteiger partial charge is 0.356 e. The molecule has 0 amide bonds. The summed E-state index contributed by atoms with van der Waals surface area (Å²) >= 11 is 0. The van der Waals surface area contributed by atoms with E-state index >= 15 is 0 Å². The van der Waals surface area contributed by atoms with Gasteiger partial charge < -0.3 is 14.3 Å². The molecule has 0 aliphatic heterocycles. The van der Waals surface area contributed by atoms with E-state index in [0.29, 0.717) is 6.29 Å². The molecule has 0 spiro atoms. The maximum absolute atomic E-state index is 9.51. The molecule has 0 aromatic heterocycles. The van der Waals surface area contributed by atoms with Crippen molar-refractivity contribution in [3.63, 3.8) is 0 Å². The molecule has 0 fully saturated rings. The van der Waals surface area contributed by atoms with Gasteiger partial charge in [-0.15, -0.1) is 0 Å². The maximum atomic E-state index is 9.51. The standard InChI is InChI=1S/C4H5NO.C4H10O2/c1-4(2-5)3-6;1-4(5-2)6-3/h3-4H,1H3;4H,1-3H3. The minimum Gasteiger partial charge on any atom is -0.356 e. The molecule has 0 heterocycles. The average Bonchev–Trinajstić information content (AvgIpc) is 2.16. The molecule has 0 N–H and O–H groups in total. The minimum atomic E-state index is -0.440. The lowest BCUT2D eigenvalue weighted by Gasteiger charge is -2.03. The molecule has 0 radical (unpaired) electrons. The molecule has 0 aromatic carbocycles. The van der Waals surface area contributed by atoms with Crippen LogP contribution in [-0.2, 0) is 14.3 Å². The Morgan fingerprint density at radius 1 is 1.33 bits per heavy atom. The highest BCUT2D eigenvalue weighted by atomic mass is 16.7. The number of ether oxygens (including phenoxy) is 2. The zero-order valence-electron chi connectivity index (χ0n) is 7.90. The third kappa shape index (κ3) is 11.8. The number of aldehydes is 1. The van der Waals surface area contributed by atoms with E-state index in [1.165, 1.54) is 0 Å². The van der Waals surface area contributed by atoms with Gasteiger partial charge >= 0.3 is 0 Å². The van der Waals surface area contributed by atoms with Gasteiger partial charge in [0, 0.05) is 14.2 Å². The fraction of sp³-hybridized carbons (Fsp3) is 0.750. The summed E-state index contributed by atoms with van der Waals surface area (Å²) in [6.07, 6.45) is 0.546. The Balaban J connectivity index is 0. The minimum absolute atomic E-state index is 0.0648. The Morgan fingerprint density at radius 2 is 1.75 bits per heavy atom. The highest BCUT2D eigenvalue weighted by Gasteiger charge is 1.89. The number of methoxy groups -OCH3 is 2. The number of nitrogens with zero attached hydrogens (tertiary/aromatic N) is 1. The van der Waals surface area contributed by atoms with Gasteiger partial charge in [-0.1, -0.05) is 0 Å². The van der Waals surface area contributed by atoms with Crippen molar-refractivity contribution in [3.8, 4) is 6.07 Å². The molecule has 0 saturated heterocycles. The van der Waals surface area contributed by atoms with Crippen LogP contribution in [0.4, 0.5) is 0 Å². The van der Waals surface area contributed by atoms with E-state index in [1.54, 1.807) is 27.2 Å². The molecule has 0 aliphatic rings. The monoisotopic (exact) mass is 173 g/mol. The lowest BCUT2D eigenvalue weighted by atomic mass is 10.2. The van der Waals surface area contributed by atoms with Crippen LogP contribution in [0.1, 0.15) is 13.8 Å². The zero-order chi connectivity index (χ0) is 9.98. The van der Waals surface area contributed by atoms with Gasteiger partial charge in [-0.2, -0.15) is 5.26 Å².